The largest absolute Gasteiger partial charge is 0.378 e. The number of aryl methyl sites for hydroxylation is 1. The van der Waals surface area contributed by atoms with Gasteiger partial charge in [0.1, 0.15) is 0 Å². The number of nitrogens with zero attached hydrogens (tertiary/aromatic N) is 3. The van der Waals surface area contributed by atoms with Crippen LogP contribution >= 0.6 is 0 Å². The SMILES string of the molecule is CCOC1CC(N(C)C(=O)[C@H]2CNC[C@@H]2c2cnn(C)c2)C12CCCCC2. The van der Waals surface area contributed by atoms with Crippen molar-refractivity contribution in [2.45, 2.75) is 63.5 Å². The van der Waals surface area contributed by atoms with Gasteiger partial charge in [0.2, 0.25) is 5.91 Å². The Hall–Kier alpha value is -1.40. The molecule has 6 nitrogen and oxygen atoms in total. The maximum Gasteiger partial charge on any atom is 0.227 e. The molecule has 2 unspecified atom stereocenters. The van der Waals surface area contributed by atoms with Crippen molar-refractivity contribution in [1.29, 1.82) is 0 Å². The van der Waals surface area contributed by atoms with Crippen molar-refractivity contribution >= 4 is 5.91 Å². The number of hydrogen-bond acceptors (Lipinski definition) is 4. The van der Waals surface area contributed by atoms with E-state index in [-0.39, 0.29) is 17.3 Å². The third-order valence-electron chi connectivity index (χ3n) is 7.39. The van der Waals surface area contributed by atoms with Crippen molar-refractivity contribution < 1.29 is 9.53 Å². The van der Waals surface area contributed by atoms with Gasteiger partial charge in [0.25, 0.3) is 0 Å². The fourth-order valence-corrected chi connectivity index (χ4v) is 5.91. The lowest BCUT2D eigenvalue weighted by molar-refractivity contribution is -0.186. The maximum absolute atomic E-state index is 13.5. The lowest BCUT2D eigenvalue weighted by Gasteiger charge is -2.60. The van der Waals surface area contributed by atoms with E-state index in [1.807, 2.05) is 25.0 Å². The molecule has 4 rings (SSSR count). The van der Waals surface area contributed by atoms with Crippen LogP contribution in [0, 0.1) is 11.3 Å². The van der Waals surface area contributed by atoms with Gasteiger partial charge in [0.05, 0.1) is 18.2 Å². The number of carbonyl (C=O) groups excluding carboxylic acids is 1. The van der Waals surface area contributed by atoms with Crippen molar-refractivity contribution in [2.24, 2.45) is 18.4 Å². The molecule has 0 bridgehead atoms. The van der Waals surface area contributed by atoms with Crippen LogP contribution in [0.1, 0.15) is 56.9 Å². The van der Waals surface area contributed by atoms with Crippen LogP contribution in [-0.2, 0) is 16.6 Å². The minimum atomic E-state index is 0.00554. The van der Waals surface area contributed by atoms with Crippen LogP contribution in [0.2, 0.25) is 0 Å². The number of nitrogens with one attached hydrogen (secondary N) is 1. The number of hydrogen-bond donors (Lipinski definition) is 1. The molecule has 27 heavy (non-hydrogen) atoms. The molecule has 1 spiro atoms. The van der Waals surface area contributed by atoms with Crippen LogP contribution in [0.4, 0.5) is 0 Å². The van der Waals surface area contributed by atoms with Crippen LogP contribution < -0.4 is 5.32 Å². The Morgan fingerprint density at radius 1 is 1.37 bits per heavy atom. The zero-order valence-electron chi connectivity index (χ0n) is 17.0. The predicted octanol–water partition coefficient (Wildman–Crippen LogP) is 2.31. The van der Waals surface area contributed by atoms with E-state index < -0.39 is 0 Å². The Morgan fingerprint density at radius 3 is 2.81 bits per heavy atom. The highest BCUT2D eigenvalue weighted by atomic mass is 16.5. The van der Waals surface area contributed by atoms with Crippen molar-refractivity contribution in [3.05, 3.63) is 18.0 Å². The first-order valence-electron chi connectivity index (χ1n) is 10.6. The third kappa shape index (κ3) is 3.21. The van der Waals surface area contributed by atoms with Gasteiger partial charge in [-0.05, 0) is 31.7 Å². The second-order valence-electron chi connectivity index (χ2n) is 8.76. The van der Waals surface area contributed by atoms with Gasteiger partial charge < -0.3 is 15.0 Å². The van der Waals surface area contributed by atoms with Crippen LogP contribution in [0.25, 0.3) is 0 Å². The van der Waals surface area contributed by atoms with Gasteiger partial charge >= 0.3 is 0 Å². The Morgan fingerprint density at radius 2 is 2.15 bits per heavy atom. The fourth-order valence-electron chi connectivity index (χ4n) is 5.91. The van der Waals surface area contributed by atoms with Crippen molar-refractivity contribution in [3.8, 4) is 0 Å². The van der Waals surface area contributed by atoms with E-state index in [4.69, 9.17) is 4.74 Å². The molecule has 1 N–H and O–H groups in total. The predicted molar refractivity (Wildman–Crippen MR) is 104 cm³/mol. The van der Waals surface area contributed by atoms with Gasteiger partial charge in [-0.1, -0.05) is 19.3 Å². The zero-order chi connectivity index (χ0) is 19.0. The minimum absolute atomic E-state index is 0.00554. The molecule has 4 atom stereocenters. The summed E-state index contributed by atoms with van der Waals surface area (Å²) in [6.45, 7) is 4.47. The molecule has 3 aliphatic rings. The topological polar surface area (TPSA) is 59.4 Å². The van der Waals surface area contributed by atoms with E-state index in [2.05, 4.69) is 28.4 Å². The van der Waals surface area contributed by atoms with E-state index in [0.29, 0.717) is 18.1 Å². The number of rotatable bonds is 5. The normalized spacial score (nSPS) is 32.4. The summed E-state index contributed by atoms with van der Waals surface area (Å²) < 4.78 is 7.92. The van der Waals surface area contributed by atoms with E-state index in [0.717, 1.165) is 26.1 Å². The number of carbonyl (C=O) groups is 1. The molecule has 1 aromatic heterocycles. The molecule has 2 saturated carbocycles. The molecular weight excluding hydrogens is 340 g/mol. The lowest BCUT2D eigenvalue weighted by atomic mass is 9.54. The summed E-state index contributed by atoms with van der Waals surface area (Å²) in [7, 11) is 3.97. The average Bonchev–Trinajstić information content (AvgIpc) is 3.33. The molecule has 3 fully saturated rings. The van der Waals surface area contributed by atoms with Gasteiger partial charge in [-0.25, -0.2) is 0 Å². The van der Waals surface area contributed by atoms with Crippen LogP contribution in [-0.4, -0.2) is 59.5 Å². The first kappa shape index (κ1) is 18.9. The average molecular weight is 375 g/mol. The molecule has 6 heteroatoms. The van der Waals surface area contributed by atoms with Crippen LogP contribution in [0.15, 0.2) is 12.4 Å². The van der Waals surface area contributed by atoms with E-state index >= 15 is 0 Å². The molecule has 1 saturated heterocycles. The van der Waals surface area contributed by atoms with E-state index in [9.17, 15) is 4.79 Å². The molecule has 150 valence electrons. The summed E-state index contributed by atoms with van der Waals surface area (Å²) in [5.74, 6) is 0.517. The Labute approximate surface area is 162 Å². The third-order valence-corrected chi connectivity index (χ3v) is 7.39. The molecule has 1 aromatic rings. The monoisotopic (exact) mass is 374 g/mol. The van der Waals surface area contributed by atoms with Gasteiger partial charge in [0, 0.05) is 57.4 Å². The zero-order valence-corrected chi connectivity index (χ0v) is 17.0. The lowest BCUT2D eigenvalue weighted by Crippen LogP contribution is -2.66. The summed E-state index contributed by atoms with van der Waals surface area (Å²) in [5, 5.41) is 7.74. The highest BCUT2D eigenvalue weighted by molar-refractivity contribution is 5.81. The van der Waals surface area contributed by atoms with Crippen molar-refractivity contribution in [1.82, 2.24) is 20.0 Å². The summed E-state index contributed by atoms with van der Waals surface area (Å²) in [4.78, 5) is 15.6. The van der Waals surface area contributed by atoms with Gasteiger partial charge in [-0.15, -0.1) is 0 Å². The second-order valence-corrected chi connectivity index (χ2v) is 8.76. The Balaban J connectivity index is 1.50. The first-order valence-corrected chi connectivity index (χ1v) is 10.6. The molecule has 1 aliphatic heterocycles. The van der Waals surface area contributed by atoms with E-state index in [1.165, 1.54) is 37.7 Å². The highest BCUT2D eigenvalue weighted by Crippen LogP contribution is 2.55. The summed E-state index contributed by atoms with van der Waals surface area (Å²) >= 11 is 0. The van der Waals surface area contributed by atoms with Crippen molar-refractivity contribution in [2.75, 3.05) is 26.7 Å². The Bertz CT molecular complexity index is 667. The van der Waals surface area contributed by atoms with Crippen LogP contribution in [0.3, 0.4) is 0 Å². The summed E-state index contributed by atoms with van der Waals surface area (Å²) in [6.07, 6.45) is 11.6. The summed E-state index contributed by atoms with van der Waals surface area (Å²) in [5.41, 5.74) is 1.36. The van der Waals surface area contributed by atoms with Gasteiger partial charge in [0.15, 0.2) is 0 Å². The fraction of sp³-hybridized carbons (Fsp3) is 0.810. The Kier molecular flexibility index (Phi) is 5.30. The maximum atomic E-state index is 13.5. The standard InChI is InChI=1S/C21H34N4O2/c1-4-27-19-10-18(21(19)8-6-5-7-9-21)25(3)20(26)17-13-22-12-16(17)15-11-23-24(2)14-15/h11,14,16-19,22H,4-10,12-13H2,1-3H3/t16-,17+,18?,19?/m1/s1. The first-order chi connectivity index (χ1) is 13.1. The molecule has 1 amide bonds. The summed E-state index contributed by atoms with van der Waals surface area (Å²) in [6, 6.07) is 0.331. The smallest absolute Gasteiger partial charge is 0.227 e. The van der Waals surface area contributed by atoms with Crippen molar-refractivity contribution in [3.63, 3.8) is 0 Å². The quantitative estimate of drug-likeness (QED) is 0.859. The molecular formula is C21H34N4O2. The second kappa shape index (κ2) is 7.55. The molecule has 2 aliphatic carbocycles. The number of amides is 1. The van der Waals surface area contributed by atoms with E-state index in [1.54, 1.807) is 0 Å². The number of ether oxygens (including phenoxy) is 1. The van der Waals surface area contributed by atoms with Crippen LogP contribution in [0.5, 0.6) is 0 Å². The molecule has 2 heterocycles. The van der Waals surface area contributed by atoms with Gasteiger partial charge in [-0.3, -0.25) is 9.48 Å². The minimum Gasteiger partial charge on any atom is -0.378 e. The highest BCUT2D eigenvalue weighted by Gasteiger charge is 2.58. The number of aromatic nitrogens is 2. The molecule has 0 aromatic carbocycles. The molecule has 0 radical (unpaired) electrons. The van der Waals surface area contributed by atoms with Gasteiger partial charge in [-0.2, -0.15) is 5.10 Å².